The number of benzene rings is 1. The Bertz CT molecular complexity index is 964. The quantitative estimate of drug-likeness (QED) is 0.544. The van der Waals surface area contributed by atoms with Crippen molar-refractivity contribution in [3.63, 3.8) is 0 Å². The van der Waals surface area contributed by atoms with Crippen LogP contribution >= 0.6 is 0 Å². The maximum atomic E-state index is 13.5. The number of fused-ring (bicyclic) bond motifs is 1. The van der Waals surface area contributed by atoms with Gasteiger partial charge in [0.15, 0.2) is 23.0 Å². The smallest absolute Gasteiger partial charge is 0.461 e. The molecule has 9 heteroatoms. The molecule has 0 radical (unpaired) electrons. The highest BCUT2D eigenvalue weighted by Gasteiger charge is 2.45. The van der Waals surface area contributed by atoms with Crippen LogP contribution in [0.15, 0.2) is 16.7 Å². The van der Waals surface area contributed by atoms with Gasteiger partial charge in [-0.1, -0.05) is 12.1 Å². The molecule has 148 valence electrons. The number of nitrogens with zero attached hydrogens (tertiary/aromatic N) is 1. The molecule has 4 rings (SSSR count). The molecule has 0 atom stereocenters. The van der Waals surface area contributed by atoms with E-state index in [-0.39, 0.29) is 52.8 Å². The van der Waals surface area contributed by atoms with Gasteiger partial charge >= 0.3 is 12.3 Å². The van der Waals surface area contributed by atoms with E-state index in [4.69, 9.17) is 9.26 Å². The molecule has 1 aliphatic heterocycles. The van der Waals surface area contributed by atoms with Gasteiger partial charge in [0.25, 0.3) is 0 Å². The molecule has 1 aromatic heterocycles. The topological polar surface area (TPSA) is 87.9 Å². The summed E-state index contributed by atoms with van der Waals surface area (Å²) in [5.74, 6) is -1.33. The highest BCUT2D eigenvalue weighted by molar-refractivity contribution is 6.15. The summed E-state index contributed by atoms with van der Waals surface area (Å²) in [5, 5.41) is 3.75. The third-order valence-electron chi connectivity index (χ3n) is 4.63. The first-order valence-corrected chi connectivity index (χ1v) is 8.99. The van der Waals surface area contributed by atoms with Crippen molar-refractivity contribution in [1.82, 2.24) is 5.16 Å². The van der Waals surface area contributed by atoms with E-state index in [1.54, 1.807) is 13.8 Å². The Balaban J connectivity index is 1.81. The maximum absolute atomic E-state index is 13.5. The molecule has 0 N–H and O–H groups in total. The average molecular weight is 393 g/mol. The molecule has 1 aromatic carbocycles. The molecule has 0 spiro atoms. The fraction of sp³-hybridized carbons (Fsp3) is 0.421. The Labute approximate surface area is 158 Å². The van der Waals surface area contributed by atoms with E-state index in [1.807, 2.05) is 0 Å². The standard InChI is InChI=1S/C19H17F2NO6/c1-3-10-11(7-8-12-17(10)27-19(20,21)26-12)15(23)13-14(18(24)25-4-2)22-28-16(13)9-5-6-9/h7-9H,3-6H2,1-2H3. The largest absolute Gasteiger partial charge is 0.586 e. The highest BCUT2D eigenvalue weighted by atomic mass is 19.3. The van der Waals surface area contributed by atoms with E-state index in [0.717, 1.165) is 12.8 Å². The Morgan fingerprint density at radius 3 is 2.64 bits per heavy atom. The van der Waals surface area contributed by atoms with Gasteiger partial charge in [-0.25, -0.2) is 4.79 Å². The van der Waals surface area contributed by atoms with E-state index in [9.17, 15) is 18.4 Å². The number of carbonyl (C=O) groups excluding carboxylic acids is 2. The fourth-order valence-corrected chi connectivity index (χ4v) is 3.25. The molecule has 0 amide bonds. The number of ether oxygens (including phenoxy) is 3. The zero-order chi connectivity index (χ0) is 20.1. The zero-order valence-corrected chi connectivity index (χ0v) is 15.2. The van der Waals surface area contributed by atoms with Crippen molar-refractivity contribution in [2.75, 3.05) is 6.61 Å². The van der Waals surface area contributed by atoms with Crippen LogP contribution in [-0.2, 0) is 11.2 Å². The lowest BCUT2D eigenvalue weighted by atomic mass is 9.93. The fourth-order valence-electron chi connectivity index (χ4n) is 3.25. The molecule has 0 bridgehead atoms. The second-order valence-corrected chi connectivity index (χ2v) is 6.53. The van der Waals surface area contributed by atoms with Crippen LogP contribution in [0.1, 0.15) is 70.3 Å². The van der Waals surface area contributed by atoms with E-state index >= 15 is 0 Å². The number of esters is 1. The second-order valence-electron chi connectivity index (χ2n) is 6.53. The Kier molecular flexibility index (Phi) is 4.32. The molecule has 28 heavy (non-hydrogen) atoms. The molecule has 2 heterocycles. The summed E-state index contributed by atoms with van der Waals surface area (Å²) in [6.45, 7) is 3.44. The first-order chi connectivity index (χ1) is 13.4. The molecule has 2 aromatic rings. The van der Waals surface area contributed by atoms with Gasteiger partial charge in [0.05, 0.1) is 6.61 Å². The van der Waals surface area contributed by atoms with E-state index in [1.165, 1.54) is 12.1 Å². The van der Waals surface area contributed by atoms with Crippen LogP contribution in [0, 0.1) is 0 Å². The number of halogens is 2. The van der Waals surface area contributed by atoms with Gasteiger partial charge in [-0.3, -0.25) is 4.79 Å². The van der Waals surface area contributed by atoms with Gasteiger partial charge in [-0.2, -0.15) is 0 Å². The van der Waals surface area contributed by atoms with Crippen LogP contribution in [0.4, 0.5) is 8.78 Å². The monoisotopic (exact) mass is 393 g/mol. The molecule has 0 unspecified atom stereocenters. The van der Waals surface area contributed by atoms with Gasteiger partial charge in [-0.15, -0.1) is 8.78 Å². The molecule has 1 fully saturated rings. The third kappa shape index (κ3) is 3.00. The van der Waals surface area contributed by atoms with E-state index < -0.39 is 18.0 Å². The minimum absolute atomic E-state index is 0.00181. The lowest BCUT2D eigenvalue weighted by Crippen LogP contribution is -2.26. The number of rotatable bonds is 6. The third-order valence-corrected chi connectivity index (χ3v) is 4.63. The number of hydrogen-bond donors (Lipinski definition) is 0. The number of ketones is 1. The number of carbonyl (C=O) groups is 2. The lowest BCUT2D eigenvalue weighted by molar-refractivity contribution is -0.286. The lowest BCUT2D eigenvalue weighted by Gasteiger charge is -2.10. The van der Waals surface area contributed by atoms with Crippen molar-refractivity contribution in [3.8, 4) is 11.5 Å². The predicted octanol–water partition coefficient (Wildman–Crippen LogP) is 3.84. The number of aromatic nitrogens is 1. The van der Waals surface area contributed by atoms with Crippen LogP contribution in [0.25, 0.3) is 0 Å². The summed E-state index contributed by atoms with van der Waals surface area (Å²) in [7, 11) is 0. The SMILES string of the molecule is CCOC(=O)c1noc(C2CC2)c1C(=O)c1ccc2c(c1CC)OC(F)(F)O2. The Hall–Kier alpha value is -2.97. The van der Waals surface area contributed by atoms with Crippen molar-refractivity contribution in [2.24, 2.45) is 0 Å². The minimum Gasteiger partial charge on any atom is -0.461 e. The predicted molar refractivity (Wildman–Crippen MR) is 89.9 cm³/mol. The van der Waals surface area contributed by atoms with Gasteiger partial charge in [0.2, 0.25) is 5.69 Å². The van der Waals surface area contributed by atoms with Crippen molar-refractivity contribution in [2.45, 2.75) is 45.3 Å². The Morgan fingerprint density at radius 2 is 2.00 bits per heavy atom. The van der Waals surface area contributed by atoms with Crippen LogP contribution in [0.5, 0.6) is 11.5 Å². The van der Waals surface area contributed by atoms with Crippen LogP contribution < -0.4 is 9.47 Å². The first-order valence-electron chi connectivity index (χ1n) is 8.99. The van der Waals surface area contributed by atoms with Crippen molar-refractivity contribution < 1.29 is 37.1 Å². The van der Waals surface area contributed by atoms with Gasteiger partial charge in [0, 0.05) is 17.0 Å². The average Bonchev–Trinajstić information content (AvgIpc) is 3.31. The minimum atomic E-state index is -3.79. The summed E-state index contributed by atoms with van der Waals surface area (Å²) in [4.78, 5) is 25.6. The van der Waals surface area contributed by atoms with Crippen molar-refractivity contribution in [3.05, 3.63) is 40.3 Å². The Morgan fingerprint density at radius 1 is 1.25 bits per heavy atom. The van der Waals surface area contributed by atoms with E-state index in [0.29, 0.717) is 5.76 Å². The second kappa shape index (κ2) is 6.57. The summed E-state index contributed by atoms with van der Waals surface area (Å²) in [6.07, 6.45) is -1.93. The molecular formula is C19H17F2NO6. The highest BCUT2D eigenvalue weighted by Crippen LogP contribution is 2.46. The number of alkyl halides is 2. The molecule has 1 saturated carbocycles. The van der Waals surface area contributed by atoms with Crippen molar-refractivity contribution >= 4 is 11.8 Å². The molecule has 2 aliphatic rings. The first kappa shape index (κ1) is 18.4. The summed E-state index contributed by atoms with van der Waals surface area (Å²) >= 11 is 0. The molecular weight excluding hydrogens is 376 g/mol. The van der Waals surface area contributed by atoms with Crippen LogP contribution in [-0.4, -0.2) is 29.8 Å². The maximum Gasteiger partial charge on any atom is 0.586 e. The van der Waals surface area contributed by atoms with Gasteiger partial charge in [-0.05, 0) is 38.3 Å². The van der Waals surface area contributed by atoms with Crippen molar-refractivity contribution in [1.29, 1.82) is 0 Å². The number of hydrogen-bond acceptors (Lipinski definition) is 7. The van der Waals surface area contributed by atoms with Crippen LogP contribution in [0.3, 0.4) is 0 Å². The summed E-state index contributed by atoms with van der Waals surface area (Å²) in [5.41, 5.74) is 0.190. The molecule has 7 nitrogen and oxygen atoms in total. The van der Waals surface area contributed by atoms with Gasteiger partial charge in [0.1, 0.15) is 5.56 Å². The summed E-state index contributed by atoms with van der Waals surface area (Å²) < 4.78 is 46.3. The van der Waals surface area contributed by atoms with E-state index in [2.05, 4.69) is 14.6 Å². The van der Waals surface area contributed by atoms with Gasteiger partial charge < -0.3 is 18.7 Å². The molecule has 0 saturated heterocycles. The molecule has 1 aliphatic carbocycles. The summed E-state index contributed by atoms with van der Waals surface area (Å²) in [6, 6.07) is 2.63. The normalized spacial score (nSPS) is 16.9. The van der Waals surface area contributed by atoms with Crippen LogP contribution in [0.2, 0.25) is 0 Å². The zero-order valence-electron chi connectivity index (χ0n) is 15.2.